The standard InChI is InChI=1S/C21H21NO4/c23-20(24)14-9-13(10-14)11-22-21(25)26-12-19-17-7-3-1-5-15(17)16-6-2-4-8-18(16)19/h1-8,13-14,19H,9-12H2,(H,22,25)(H,23,24)/t13-,14-. The molecule has 0 radical (unpaired) electrons. The van der Waals surface area contributed by atoms with E-state index in [0.717, 1.165) is 0 Å². The quantitative estimate of drug-likeness (QED) is 0.862. The molecule has 1 fully saturated rings. The van der Waals surface area contributed by atoms with Crippen LogP contribution in [0.2, 0.25) is 0 Å². The van der Waals surface area contributed by atoms with Gasteiger partial charge in [-0.3, -0.25) is 4.79 Å². The third-order valence-corrected chi connectivity index (χ3v) is 5.46. The second kappa shape index (κ2) is 6.83. The van der Waals surface area contributed by atoms with Crippen LogP contribution in [0.1, 0.15) is 29.9 Å². The van der Waals surface area contributed by atoms with E-state index < -0.39 is 12.1 Å². The Morgan fingerprint density at radius 2 is 1.58 bits per heavy atom. The molecule has 134 valence electrons. The molecule has 2 aliphatic rings. The largest absolute Gasteiger partial charge is 0.481 e. The average molecular weight is 351 g/mol. The molecule has 5 heteroatoms. The lowest BCUT2D eigenvalue weighted by Gasteiger charge is -2.32. The summed E-state index contributed by atoms with van der Waals surface area (Å²) in [4.78, 5) is 22.8. The first kappa shape index (κ1) is 16.6. The SMILES string of the molecule is O=C(NC[C@H]1C[C@H](C(=O)O)C1)OCC1c2ccccc2-c2ccccc21. The normalized spacial score (nSPS) is 20.6. The van der Waals surface area contributed by atoms with Crippen LogP contribution in [0.4, 0.5) is 4.79 Å². The molecule has 1 amide bonds. The van der Waals surface area contributed by atoms with Crippen LogP contribution in [-0.4, -0.2) is 30.3 Å². The number of hydrogen-bond donors (Lipinski definition) is 2. The first-order chi connectivity index (χ1) is 12.6. The highest BCUT2D eigenvalue weighted by Gasteiger charge is 2.34. The molecule has 0 saturated heterocycles. The smallest absolute Gasteiger partial charge is 0.407 e. The molecular formula is C21H21NO4. The van der Waals surface area contributed by atoms with Crippen molar-refractivity contribution >= 4 is 12.1 Å². The third kappa shape index (κ3) is 3.05. The number of ether oxygens (including phenoxy) is 1. The molecule has 0 bridgehead atoms. The van der Waals surface area contributed by atoms with E-state index in [1.165, 1.54) is 22.3 Å². The Labute approximate surface area is 152 Å². The molecule has 2 aliphatic carbocycles. The summed E-state index contributed by atoms with van der Waals surface area (Å²) in [6, 6.07) is 16.4. The molecule has 26 heavy (non-hydrogen) atoms. The Hall–Kier alpha value is -2.82. The fraction of sp³-hybridized carbons (Fsp3) is 0.333. The van der Waals surface area contributed by atoms with Crippen molar-refractivity contribution < 1.29 is 19.4 Å². The number of benzene rings is 2. The molecule has 2 aromatic rings. The van der Waals surface area contributed by atoms with Gasteiger partial charge in [0, 0.05) is 12.5 Å². The maximum Gasteiger partial charge on any atom is 0.407 e. The zero-order chi connectivity index (χ0) is 18.1. The molecule has 1 saturated carbocycles. The van der Waals surface area contributed by atoms with Crippen molar-refractivity contribution in [3.8, 4) is 11.1 Å². The van der Waals surface area contributed by atoms with E-state index in [4.69, 9.17) is 9.84 Å². The number of carbonyl (C=O) groups is 2. The van der Waals surface area contributed by atoms with Crippen molar-refractivity contribution in [1.29, 1.82) is 0 Å². The van der Waals surface area contributed by atoms with Gasteiger partial charge in [0.25, 0.3) is 0 Å². The Kier molecular flexibility index (Phi) is 4.37. The zero-order valence-corrected chi connectivity index (χ0v) is 14.4. The summed E-state index contributed by atoms with van der Waals surface area (Å²) in [5, 5.41) is 11.6. The van der Waals surface area contributed by atoms with E-state index in [2.05, 4.69) is 29.6 Å². The number of amides is 1. The number of alkyl carbamates (subject to hydrolysis) is 1. The first-order valence-electron chi connectivity index (χ1n) is 8.95. The van der Waals surface area contributed by atoms with Crippen LogP contribution in [0.3, 0.4) is 0 Å². The lowest BCUT2D eigenvalue weighted by Crippen LogP contribution is -2.39. The fourth-order valence-electron chi connectivity index (χ4n) is 3.98. The minimum absolute atomic E-state index is 0.0493. The summed E-state index contributed by atoms with van der Waals surface area (Å²) in [6.07, 6.45) is 0.809. The van der Waals surface area contributed by atoms with Gasteiger partial charge in [0.05, 0.1) is 5.92 Å². The first-order valence-corrected chi connectivity index (χ1v) is 8.95. The second-order valence-corrected chi connectivity index (χ2v) is 7.08. The number of nitrogens with one attached hydrogen (secondary N) is 1. The van der Waals surface area contributed by atoms with Crippen LogP contribution < -0.4 is 5.32 Å². The van der Waals surface area contributed by atoms with Gasteiger partial charge in [-0.15, -0.1) is 0 Å². The predicted molar refractivity (Wildman–Crippen MR) is 96.9 cm³/mol. The van der Waals surface area contributed by atoms with Gasteiger partial charge in [-0.1, -0.05) is 48.5 Å². The molecule has 2 N–H and O–H groups in total. The molecule has 0 heterocycles. The zero-order valence-electron chi connectivity index (χ0n) is 14.4. The Balaban J connectivity index is 1.33. The van der Waals surface area contributed by atoms with Gasteiger partial charge in [-0.2, -0.15) is 0 Å². The number of carboxylic acids is 1. The highest BCUT2D eigenvalue weighted by atomic mass is 16.5. The van der Waals surface area contributed by atoms with Gasteiger partial charge in [-0.05, 0) is 41.0 Å². The average Bonchev–Trinajstić information content (AvgIpc) is 2.92. The van der Waals surface area contributed by atoms with Gasteiger partial charge in [0.15, 0.2) is 0 Å². The maximum atomic E-state index is 12.0. The lowest BCUT2D eigenvalue weighted by atomic mass is 9.75. The Morgan fingerprint density at radius 1 is 1.00 bits per heavy atom. The molecule has 0 unspecified atom stereocenters. The minimum atomic E-state index is -0.748. The van der Waals surface area contributed by atoms with Crippen LogP contribution >= 0.6 is 0 Å². The molecule has 5 nitrogen and oxygen atoms in total. The Morgan fingerprint density at radius 3 is 2.15 bits per heavy atom. The topological polar surface area (TPSA) is 75.6 Å². The predicted octanol–water partition coefficient (Wildman–Crippen LogP) is 3.64. The van der Waals surface area contributed by atoms with E-state index in [0.29, 0.717) is 26.0 Å². The van der Waals surface area contributed by atoms with Gasteiger partial charge in [0.1, 0.15) is 6.61 Å². The van der Waals surface area contributed by atoms with Crippen LogP contribution in [0.15, 0.2) is 48.5 Å². The van der Waals surface area contributed by atoms with Gasteiger partial charge in [-0.25, -0.2) is 4.79 Å². The van der Waals surface area contributed by atoms with Crippen LogP contribution in [-0.2, 0) is 9.53 Å². The number of fused-ring (bicyclic) bond motifs is 3. The van der Waals surface area contributed by atoms with Crippen molar-refractivity contribution in [3.63, 3.8) is 0 Å². The minimum Gasteiger partial charge on any atom is -0.481 e. The summed E-state index contributed by atoms with van der Waals surface area (Å²) in [7, 11) is 0. The van der Waals surface area contributed by atoms with E-state index in [-0.39, 0.29) is 17.8 Å². The van der Waals surface area contributed by atoms with Gasteiger partial charge >= 0.3 is 12.1 Å². The molecule has 4 rings (SSSR count). The van der Waals surface area contributed by atoms with Crippen molar-refractivity contribution in [1.82, 2.24) is 5.32 Å². The molecule has 0 atom stereocenters. The van der Waals surface area contributed by atoms with Gasteiger partial charge in [0.2, 0.25) is 0 Å². The molecule has 2 aromatic carbocycles. The van der Waals surface area contributed by atoms with Crippen molar-refractivity contribution in [3.05, 3.63) is 59.7 Å². The summed E-state index contributed by atoms with van der Waals surface area (Å²) >= 11 is 0. The summed E-state index contributed by atoms with van der Waals surface area (Å²) in [6.45, 7) is 0.767. The van der Waals surface area contributed by atoms with Crippen molar-refractivity contribution in [2.75, 3.05) is 13.2 Å². The number of carboxylic acid groups (broad SMARTS) is 1. The van der Waals surface area contributed by atoms with E-state index in [1.807, 2.05) is 24.3 Å². The van der Waals surface area contributed by atoms with E-state index in [9.17, 15) is 9.59 Å². The number of hydrogen-bond acceptors (Lipinski definition) is 3. The van der Waals surface area contributed by atoms with E-state index >= 15 is 0 Å². The maximum absolute atomic E-state index is 12.0. The van der Waals surface area contributed by atoms with E-state index in [1.54, 1.807) is 0 Å². The summed E-state index contributed by atoms with van der Waals surface area (Å²) in [5.41, 5.74) is 4.77. The van der Waals surface area contributed by atoms with Crippen molar-refractivity contribution in [2.24, 2.45) is 11.8 Å². The fourth-order valence-corrected chi connectivity index (χ4v) is 3.98. The number of aliphatic carboxylic acids is 1. The highest BCUT2D eigenvalue weighted by Crippen LogP contribution is 2.44. The van der Waals surface area contributed by atoms with Crippen LogP contribution in [0.25, 0.3) is 11.1 Å². The molecule has 0 spiro atoms. The molecule has 0 aromatic heterocycles. The van der Waals surface area contributed by atoms with Crippen LogP contribution in [0, 0.1) is 11.8 Å². The van der Waals surface area contributed by atoms with Crippen molar-refractivity contribution in [2.45, 2.75) is 18.8 Å². The Bertz CT molecular complexity index is 796. The van der Waals surface area contributed by atoms with Crippen LogP contribution in [0.5, 0.6) is 0 Å². The monoisotopic (exact) mass is 351 g/mol. The second-order valence-electron chi connectivity index (χ2n) is 7.08. The summed E-state index contributed by atoms with van der Waals surface area (Å²) in [5.74, 6) is -0.725. The molecule has 0 aliphatic heterocycles. The lowest BCUT2D eigenvalue weighted by molar-refractivity contribution is -0.146. The summed E-state index contributed by atoms with van der Waals surface area (Å²) < 4.78 is 5.47. The van der Waals surface area contributed by atoms with Gasteiger partial charge < -0.3 is 15.2 Å². The number of rotatable bonds is 5. The number of carbonyl (C=O) groups excluding carboxylic acids is 1. The highest BCUT2D eigenvalue weighted by molar-refractivity contribution is 5.79. The third-order valence-electron chi connectivity index (χ3n) is 5.46. The molecular weight excluding hydrogens is 330 g/mol.